The van der Waals surface area contributed by atoms with Gasteiger partial charge in [-0.25, -0.2) is 9.97 Å². The molecular weight excluding hydrogens is 374 g/mol. The number of carbonyl (C=O) groups is 1. The van der Waals surface area contributed by atoms with Crippen molar-refractivity contribution in [3.05, 3.63) is 58.9 Å². The Kier molecular flexibility index (Phi) is 5.14. The molecule has 0 saturated carbocycles. The average Bonchev–Trinajstić information content (AvgIpc) is 3.23. The maximum Gasteiger partial charge on any atom is 0.270 e. The number of H-pyrrole nitrogens is 1. The van der Waals surface area contributed by atoms with Gasteiger partial charge in [-0.05, 0) is 18.9 Å². The van der Waals surface area contributed by atoms with Gasteiger partial charge in [-0.3, -0.25) is 20.0 Å². The fraction of sp³-hybridized carbons (Fsp3) is 0.263. The second kappa shape index (κ2) is 8.05. The average molecular weight is 393 g/mol. The zero-order chi connectivity index (χ0) is 20.2. The monoisotopic (exact) mass is 393 g/mol. The summed E-state index contributed by atoms with van der Waals surface area (Å²) >= 11 is 0. The number of piperidine rings is 1. The molecular formula is C19H19N7O3. The van der Waals surface area contributed by atoms with Crippen LogP contribution in [0.25, 0.3) is 11.3 Å². The highest BCUT2D eigenvalue weighted by molar-refractivity contribution is 5.92. The molecule has 1 aliphatic rings. The van der Waals surface area contributed by atoms with Crippen molar-refractivity contribution >= 4 is 23.4 Å². The van der Waals surface area contributed by atoms with Crippen LogP contribution in [-0.2, 0) is 4.79 Å². The predicted octanol–water partition coefficient (Wildman–Crippen LogP) is 2.63. The second-order valence-electron chi connectivity index (χ2n) is 6.80. The Labute approximate surface area is 166 Å². The molecule has 10 heteroatoms. The Morgan fingerprint density at radius 1 is 1.24 bits per heavy atom. The molecule has 3 aromatic rings. The number of anilines is 2. The number of hydrogen-bond acceptors (Lipinski definition) is 7. The lowest BCUT2D eigenvalue weighted by Gasteiger charge is -2.31. The molecule has 1 aliphatic heterocycles. The molecule has 0 radical (unpaired) electrons. The Morgan fingerprint density at radius 2 is 2.07 bits per heavy atom. The van der Waals surface area contributed by atoms with E-state index < -0.39 is 4.92 Å². The SMILES string of the molecule is O=C(Nc1cc(-c2cccc([N+](=O)[O-])c2)[nH]n1)[C@@H]1CCCN(c2ncccn2)C1. The highest BCUT2D eigenvalue weighted by Gasteiger charge is 2.27. The molecule has 148 valence electrons. The van der Waals surface area contributed by atoms with Crippen molar-refractivity contribution in [1.29, 1.82) is 0 Å². The van der Waals surface area contributed by atoms with Crippen LogP contribution in [0.15, 0.2) is 48.8 Å². The number of aromatic nitrogens is 4. The molecule has 0 spiro atoms. The molecule has 1 amide bonds. The smallest absolute Gasteiger partial charge is 0.270 e. The van der Waals surface area contributed by atoms with Crippen molar-refractivity contribution in [2.75, 3.05) is 23.3 Å². The first kappa shape index (κ1) is 18.5. The third-order valence-electron chi connectivity index (χ3n) is 4.82. The van der Waals surface area contributed by atoms with Crippen LogP contribution in [0.4, 0.5) is 17.5 Å². The minimum absolute atomic E-state index is 0.00638. The molecule has 2 N–H and O–H groups in total. The number of rotatable bonds is 5. The standard InChI is InChI=1S/C19H19N7O3/c27-18(14-5-2-9-25(12-14)19-20-7-3-8-21-19)22-17-11-16(23-24-17)13-4-1-6-15(10-13)26(28)29/h1,3-4,6-8,10-11,14H,2,5,9,12H2,(H2,22,23,24,27)/t14-/m1/s1. The molecule has 1 fully saturated rings. The van der Waals surface area contributed by atoms with E-state index in [1.165, 1.54) is 12.1 Å². The molecule has 1 aromatic carbocycles. The first-order chi connectivity index (χ1) is 14.1. The number of benzene rings is 1. The molecule has 4 rings (SSSR count). The number of nitrogens with one attached hydrogen (secondary N) is 2. The molecule has 10 nitrogen and oxygen atoms in total. The van der Waals surface area contributed by atoms with Crippen LogP contribution in [0.2, 0.25) is 0 Å². The van der Waals surface area contributed by atoms with Gasteiger partial charge in [0.05, 0.1) is 16.5 Å². The molecule has 0 bridgehead atoms. The van der Waals surface area contributed by atoms with Crippen LogP contribution in [0.1, 0.15) is 12.8 Å². The van der Waals surface area contributed by atoms with Crippen LogP contribution < -0.4 is 10.2 Å². The van der Waals surface area contributed by atoms with Gasteiger partial charge in [0, 0.05) is 49.2 Å². The predicted molar refractivity (Wildman–Crippen MR) is 106 cm³/mol. The number of carbonyl (C=O) groups excluding carboxylic acids is 1. The number of nitrogens with zero attached hydrogens (tertiary/aromatic N) is 5. The van der Waals surface area contributed by atoms with Gasteiger partial charge in [0.15, 0.2) is 5.82 Å². The van der Waals surface area contributed by atoms with Crippen molar-refractivity contribution in [2.45, 2.75) is 12.8 Å². The van der Waals surface area contributed by atoms with Gasteiger partial charge in [-0.2, -0.15) is 5.10 Å². The van der Waals surface area contributed by atoms with Gasteiger partial charge in [-0.15, -0.1) is 0 Å². The summed E-state index contributed by atoms with van der Waals surface area (Å²) in [6.07, 6.45) is 5.02. The van der Waals surface area contributed by atoms with Crippen molar-refractivity contribution in [2.24, 2.45) is 5.92 Å². The fourth-order valence-electron chi connectivity index (χ4n) is 3.38. The first-order valence-electron chi connectivity index (χ1n) is 9.23. The van der Waals surface area contributed by atoms with Gasteiger partial charge in [0.1, 0.15) is 0 Å². The maximum atomic E-state index is 12.7. The third-order valence-corrected chi connectivity index (χ3v) is 4.82. The van der Waals surface area contributed by atoms with Gasteiger partial charge in [0.25, 0.3) is 5.69 Å². The van der Waals surface area contributed by atoms with Crippen LogP contribution in [0, 0.1) is 16.0 Å². The van der Waals surface area contributed by atoms with E-state index in [9.17, 15) is 14.9 Å². The van der Waals surface area contributed by atoms with Crippen LogP contribution >= 0.6 is 0 Å². The molecule has 1 saturated heterocycles. The molecule has 0 aliphatic carbocycles. The number of aromatic amines is 1. The summed E-state index contributed by atoms with van der Waals surface area (Å²) in [6, 6.07) is 9.65. The lowest BCUT2D eigenvalue weighted by atomic mass is 9.97. The van der Waals surface area contributed by atoms with Crippen molar-refractivity contribution in [3.8, 4) is 11.3 Å². The summed E-state index contributed by atoms with van der Waals surface area (Å²) in [5, 5.41) is 20.7. The minimum atomic E-state index is -0.451. The van der Waals surface area contributed by atoms with Crippen LogP contribution in [-0.4, -0.2) is 44.1 Å². The van der Waals surface area contributed by atoms with Crippen molar-refractivity contribution in [3.63, 3.8) is 0 Å². The lowest BCUT2D eigenvalue weighted by Crippen LogP contribution is -2.41. The Balaban J connectivity index is 1.43. The molecule has 29 heavy (non-hydrogen) atoms. The van der Waals surface area contributed by atoms with E-state index >= 15 is 0 Å². The minimum Gasteiger partial charge on any atom is -0.340 e. The van der Waals surface area contributed by atoms with Crippen LogP contribution in [0.5, 0.6) is 0 Å². The quantitative estimate of drug-likeness (QED) is 0.503. The molecule has 1 atom stereocenters. The van der Waals surface area contributed by atoms with E-state index in [1.54, 1.807) is 36.7 Å². The van der Waals surface area contributed by atoms with E-state index in [0.717, 1.165) is 19.4 Å². The maximum absolute atomic E-state index is 12.7. The summed E-state index contributed by atoms with van der Waals surface area (Å²) in [4.78, 5) is 33.7. The van der Waals surface area contributed by atoms with Crippen molar-refractivity contribution in [1.82, 2.24) is 20.2 Å². The van der Waals surface area contributed by atoms with Gasteiger partial charge in [0.2, 0.25) is 11.9 Å². The zero-order valence-corrected chi connectivity index (χ0v) is 15.5. The van der Waals surface area contributed by atoms with E-state index in [-0.39, 0.29) is 17.5 Å². The third kappa shape index (κ3) is 4.21. The number of nitro benzene ring substituents is 1. The van der Waals surface area contributed by atoms with E-state index in [0.29, 0.717) is 29.6 Å². The van der Waals surface area contributed by atoms with Crippen molar-refractivity contribution < 1.29 is 9.72 Å². The Hall–Kier alpha value is -3.82. The highest BCUT2D eigenvalue weighted by Crippen LogP contribution is 2.25. The summed E-state index contributed by atoms with van der Waals surface area (Å²) in [7, 11) is 0. The summed E-state index contributed by atoms with van der Waals surface area (Å²) in [5.74, 6) is 0.676. The molecule has 2 aromatic heterocycles. The summed E-state index contributed by atoms with van der Waals surface area (Å²) in [5.41, 5.74) is 1.21. The Bertz CT molecular complexity index is 1020. The van der Waals surface area contributed by atoms with Gasteiger partial charge < -0.3 is 10.2 Å². The summed E-state index contributed by atoms with van der Waals surface area (Å²) < 4.78 is 0. The molecule has 0 unspecified atom stereocenters. The Morgan fingerprint density at radius 3 is 2.86 bits per heavy atom. The molecule has 3 heterocycles. The lowest BCUT2D eigenvalue weighted by molar-refractivity contribution is -0.384. The normalized spacial score (nSPS) is 16.4. The van der Waals surface area contributed by atoms with E-state index in [4.69, 9.17) is 0 Å². The number of hydrogen-bond donors (Lipinski definition) is 2. The van der Waals surface area contributed by atoms with Gasteiger partial charge >= 0.3 is 0 Å². The van der Waals surface area contributed by atoms with E-state index in [1.807, 2.05) is 4.90 Å². The topological polar surface area (TPSA) is 130 Å². The number of non-ortho nitro benzene ring substituents is 1. The van der Waals surface area contributed by atoms with E-state index in [2.05, 4.69) is 25.5 Å². The zero-order valence-electron chi connectivity index (χ0n) is 15.5. The highest BCUT2D eigenvalue weighted by atomic mass is 16.6. The van der Waals surface area contributed by atoms with Crippen LogP contribution in [0.3, 0.4) is 0 Å². The fourth-order valence-corrected chi connectivity index (χ4v) is 3.38. The number of nitro groups is 1. The summed E-state index contributed by atoms with van der Waals surface area (Å²) in [6.45, 7) is 1.35. The van der Waals surface area contributed by atoms with Gasteiger partial charge in [-0.1, -0.05) is 12.1 Å². The first-order valence-corrected chi connectivity index (χ1v) is 9.23. The largest absolute Gasteiger partial charge is 0.340 e. The number of amides is 1. The second-order valence-corrected chi connectivity index (χ2v) is 6.80.